The fraction of sp³-hybridized carbons (Fsp3) is 0.600. The topological polar surface area (TPSA) is 68.3 Å². The van der Waals surface area contributed by atoms with E-state index in [0.29, 0.717) is 31.2 Å². The molecule has 1 aliphatic carbocycles. The minimum atomic E-state index is -0.305. The van der Waals surface area contributed by atoms with Crippen molar-refractivity contribution in [3.8, 4) is 5.75 Å². The van der Waals surface area contributed by atoms with E-state index in [9.17, 15) is 4.39 Å². The van der Waals surface area contributed by atoms with Crippen LogP contribution in [0, 0.1) is 0 Å². The van der Waals surface area contributed by atoms with E-state index in [4.69, 9.17) is 14.5 Å². The summed E-state index contributed by atoms with van der Waals surface area (Å²) in [7, 11) is 0. The normalized spacial score (nSPS) is 25.6. The maximum absolute atomic E-state index is 12.3. The number of hydrogen-bond acceptors (Lipinski definition) is 6. The molecule has 2 aromatic rings. The van der Waals surface area contributed by atoms with Gasteiger partial charge in [-0.25, -0.2) is 14.4 Å². The Morgan fingerprint density at radius 3 is 2.78 bits per heavy atom. The third-order valence-electron chi connectivity index (χ3n) is 5.34. The predicted molar refractivity (Wildman–Crippen MR) is 103 cm³/mol. The van der Waals surface area contributed by atoms with Crippen molar-refractivity contribution in [2.45, 2.75) is 50.3 Å². The molecule has 0 bridgehead atoms. The van der Waals surface area contributed by atoms with Gasteiger partial charge in [0.15, 0.2) is 0 Å². The quantitative estimate of drug-likeness (QED) is 0.776. The molecule has 0 spiro atoms. The Morgan fingerprint density at radius 1 is 1.15 bits per heavy atom. The molecule has 146 valence electrons. The van der Waals surface area contributed by atoms with Crippen molar-refractivity contribution in [3.63, 3.8) is 0 Å². The molecule has 1 aromatic heterocycles. The molecule has 7 heteroatoms. The van der Waals surface area contributed by atoms with E-state index in [-0.39, 0.29) is 12.8 Å². The summed E-state index contributed by atoms with van der Waals surface area (Å²) < 4.78 is 23.8. The van der Waals surface area contributed by atoms with Gasteiger partial charge in [-0.2, -0.15) is 0 Å². The molecule has 0 amide bonds. The van der Waals surface area contributed by atoms with Gasteiger partial charge in [0.25, 0.3) is 0 Å². The molecule has 2 aliphatic rings. The molecule has 4 rings (SSSR count). The second-order valence-corrected chi connectivity index (χ2v) is 7.33. The number of anilines is 1. The maximum atomic E-state index is 12.3. The number of alkyl halides is 1. The monoisotopic (exact) mass is 374 g/mol. The van der Waals surface area contributed by atoms with Crippen molar-refractivity contribution >= 4 is 16.9 Å². The molecule has 2 heterocycles. The first-order valence-electron chi connectivity index (χ1n) is 9.88. The molecule has 2 N–H and O–H groups in total. The second-order valence-electron chi connectivity index (χ2n) is 7.33. The Labute approximate surface area is 158 Å². The minimum absolute atomic E-state index is 0.0917. The first-order chi connectivity index (χ1) is 13.3. The van der Waals surface area contributed by atoms with Gasteiger partial charge in [-0.15, -0.1) is 0 Å². The Kier molecular flexibility index (Phi) is 5.99. The standard InChI is InChI=1S/C20H27FN4O2/c21-9-10-22-15-4-6-16(7-5-15)24-20-23-12-14-2-1-3-18(19(14)25-20)27-17-8-11-26-13-17/h1-3,12,15-17,22H,4-11,13H2,(H,23,24,25)/t15-,16-,17?. The first-order valence-corrected chi connectivity index (χ1v) is 9.88. The summed E-state index contributed by atoms with van der Waals surface area (Å²) in [5.41, 5.74) is 0.834. The van der Waals surface area contributed by atoms with Crippen LogP contribution < -0.4 is 15.4 Å². The lowest BCUT2D eigenvalue weighted by molar-refractivity contribution is 0.142. The van der Waals surface area contributed by atoms with E-state index in [1.807, 2.05) is 24.4 Å². The zero-order valence-corrected chi connectivity index (χ0v) is 15.5. The lowest BCUT2D eigenvalue weighted by Gasteiger charge is -2.29. The number of benzene rings is 1. The number of rotatable bonds is 7. The molecule has 1 saturated heterocycles. The van der Waals surface area contributed by atoms with Gasteiger partial charge in [-0.1, -0.05) is 12.1 Å². The fourth-order valence-electron chi connectivity index (χ4n) is 3.86. The molecule has 6 nitrogen and oxygen atoms in total. The smallest absolute Gasteiger partial charge is 0.223 e. The number of nitrogens with zero attached hydrogens (tertiary/aromatic N) is 2. The van der Waals surface area contributed by atoms with Crippen LogP contribution in [-0.4, -0.2) is 54.6 Å². The average molecular weight is 374 g/mol. The van der Waals surface area contributed by atoms with Gasteiger partial charge in [0.05, 0.1) is 13.2 Å². The zero-order valence-electron chi connectivity index (χ0n) is 15.5. The van der Waals surface area contributed by atoms with Crippen LogP contribution in [0.15, 0.2) is 24.4 Å². The molecule has 27 heavy (non-hydrogen) atoms. The van der Waals surface area contributed by atoms with Crippen LogP contribution >= 0.6 is 0 Å². The highest BCUT2D eigenvalue weighted by Gasteiger charge is 2.22. The largest absolute Gasteiger partial charge is 0.486 e. The van der Waals surface area contributed by atoms with Crippen LogP contribution in [0.4, 0.5) is 10.3 Å². The van der Waals surface area contributed by atoms with E-state index in [0.717, 1.165) is 55.4 Å². The molecule has 1 aromatic carbocycles. The highest BCUT2D eigenvalue weighted by Crippen LogP contribution is 2.27. The van der Waals surface area contributed by atoms with Gasteiger partial charge in [0, 0.05) is 36.6 Å². The van der Waals surface area contributed by atoms with Crippen molar-refractivity contribution in [1.29, 1.82) is 0 Å². The number of para-hydroxylation sites is 1. The van der Waals surface area contributed by atoms with Crippen molar-refractivity contribution in [3.05, 3.63) is 24.4 Å². The summed E-state index contributed by atoms with van der Waals surface area (Å²) in [6.45, 7) is 1.53. The van der Waals surface area contributed by atoms with E-state index in [2.05, 4.69) is 15.6 Å². The molecule has 1 atom stereocenters. The van der Waals surface area contributed by atoms with Crippen LogP contribution in [-0.2, 0) is 4.74 Å². The van der Waals surface area contributed by atoms with Gasteiger partial charge in [0.1, 0.15) is 24.0 Å². The summed E-state index contributed by atoms with van der Waals surface area (Å²) in [4.78, 5) is 9.20. The minimum Gasteiger partial charge on any atom is -0.486 e. The third-order valence-corrected chi connectivity index (χ3v) is 5.34. The summed E-state index contributed by atoms with van der Waals surface area (Å²) in [6, 6.07) is 6.69. The number of ether oxygens (including phenoxy) is 2. The van der Waals surface area contributed by atoms with Gasteiger partial charge < -0.3 is 20.1 Å². The van der Waals surface area contributed by atoms with Crippen molar-refractivity contribution < 1.29 is 13.9 Å². The Hall–Kier alpha value is -1.99. The van der Waals surface area contributed by atoms with E-state index >= 15 is 0 Å². The van der Waals surface area contributed by atoms with E-state index in [1.54, 1.807) is 0 Å². The Bertz CT molecular complexity index is 746. The van der Waals surface area contributed by atoms with E-state index in [1.165, 1.54) is 0 Å². The Balaban J connectivity index is 1.42. The number of halogens is 1. The van der Waals surface area contributed by atoms with E-state index < -0.39 is 0 Å². The van der Waals surface area contributed by atoms with Crippen LogP contribution in [0.1, 0.15) is 32.1 Å². The third kappa shape index (κ3) is 4.65. The molecular weight excluding hydrogens is 347 g/mol. The van der Waals surface area contributed by atoms with Crippen LogP contribution in [0.3, 0.4) is 0 Å². The lowest BCUT2D eigenvalue weighted by atomic mass is 9.91. The lowest BCUT2D eigenvalue weighted by Crippen LogP contribution is -2.38. The van der Waals surface area contributed by atoms with Crippen molar-refractivity contribution in [1.82, 2.24) is 15.3 Å². The summed E-state index contributed by atoms with van der Waals surface area (Å²) in [6.07, 6.45) is 6.99. The highest BCUT2D eigenvalue weighted by molar-refractivity contribution is 5.84. The Morgan fingerprint density at radius 2 is 2.00 bits per heavy atom. The van der Waals surface area contributed by atoms with Gasteiger partial charge in [-0.05, 0) is 31.7 Å². The first kappa shape index (κ1) is 18.4. The zero-order chi connectivity index (χ0) is 18.5. The van der Waals surface area contributed by atoms with Crippen molar-refractivity contribution in [2.75, 3.05) is 31.7 Å². The molecule has 1 aliphatic heterocycles. The predicted octanol–water partition coefficient (Wildman–Crippen LogP) is 3.08. The van der Waals surface area contributed by atoms with Crippen LogP contribution in [0.5, 0.6) is 5.75 Å². The summed E-state index contributed by atoms with van der Waals surface area (Å²) >= 11 is 0. The van der Waals surface area contributed by atoms with Crippen LogP contribution in [0.25, 0.3) is 10.9 Å². The summed E-state index contributed by atoms with van der Waals surface area (Å²) in [5, 5.41) is 7.70. The molecular formula is C20H27FN4O2. The number of aromatic nitrogens is 2. The SMILES string of the molecule is FCCN[C@H]1CC[C@H](Nc2ncc3cccc(OC4CCOC4)c3n2)CC1. The van der Waals surface area contributed by atoms with Gasteiger partial charge in [-0.3, -0.25) is 0 Å². The average Bonchev–Trinajstić information content (AvgIpc) is 3.21. The van der Waals surface area contributed by atoms with Crippen LogP contribution in [0.2, 0.25) is 0 Å². The number of nitrogens with one attached hydrogen (secondary N) is 2. The van der Waals surface area contributed by atoms with Gasteiger partial charge >= 0.3 is 0 Å². The number of fused-ring (bicyclic) bond motifs is 1. The highest BCUT2D eigenvalue weighted by atomic mass is 19.1. The molecule has 0 radical (unpaired) electrons. The fourth-order valence-corrected chi connectivity index (χ4v) is 3.86. The number of hydrogen-bond donors (Lipinski definition) is 2. The van der Waals surface area contributed by atoms with Gasteiger partial charge in [0.2, 0.25) is 5.95 Å². The maximum Gasteiger partial charge on any atom is 0.223 e. The molecule has 1 saturated carbocycles. The summed E-state index contributed by atoms with van der Waals surface area (Å²) in [5.74, 6) is 1.42. The second kappa shape index (κ2) is 8.80. The van der Waals surface area contributed by atoms with Crippen molar-refractivity contribution in [2.24, 2.45) is 0 Å². The molecule has 1 unspecified atom stereocenters. The molecule has 2 fully saturated rings.